The summed E-state index contributed by atoms with van der Waals surface area (Å²) in [4.78, 5) is 8.80. The first-order chi connectivity index (χ1) is 11.1. The van der Waals surface area contributed by atoms with Gasteiger partial charge in [0.1, 0.15) is 5.82 Å². The Labute approximate surface area is 144 Å². The Bertz CT molecular complexity index is 813. The summed E-state index contributed by atoms with van der Waals surface area (Å²) in [6.45, 7) is 4.16. The lowest BCUT2D eigenvalue weighted by atomic mass is 10.1. The Kier molecular flexibility index (Phi) is 4.57. The van der Waals surface area contributed by atoms with E-state index in [2.05, 4.69) is 68.6 Å². The zero-order valence-electron chi connectivity index (χ0n) is 13.0. The molecule has 3 rings (SSSR count). The van der Waals surface area contributed by atoms with Crippen LogP contribution in [0.3, 0.4) is 0 Å². The molecule has 3 aromatic rings. The number of hydrogen-bond acceptors (Lipinski definition) is 4. The van der Waals surface area contributed by atoms with Gasteiger partial charge in [0.2, 0.25) is 5.95 Å². The average molecular weight is 369 g/mol. The van der Waals surface area contributed by atoms with E-state index in [1.54, 1.807) is 6.20 Å². The molecule has 0 amide bonds. The standard InChI is InChI=1S/C18H17BrN4/c1-12-5-3-6-13(2)17(12)22-16-9-10-20-18(23-16)21-15-8-4-7-14(19)11-15/h3-11H,1-2H3,(H2,20,21,22,23). The summed E-state index contributed by atoms with van der Waals surface area (Å²) in [5.74, 6) is 1.31. The van der Waals surface area contributed by atoms with Crippen LogP contribution >= 0.6 is 15.9 Å². The number of benzene rings is 2. The summed E-state index contributed by atoms with van der Waals surface area (Å²) >= 11 is 3.46. The Hall–Kier alpha value is -2.40. The van der Waals surface area contributed by atoms with Gasteiger partial charge < -0.3 is 10.6 Å². The van der Waals surface area contributed by atoms with Crippen molar-refractivity contribution in [2.75, 3.05) is 10.6 Å². The topological polar surface area (TPSA) is 49.8 Å². The number of aromatic nitrogens is 2. The quantitative estimate of drug-likeness (QED) is 0.652. The van der Waals surface area contributed by atoms with Crippen LogP contribution in [0.15, 0.2) is 59.2 Å². The molecule has 0 aliphatic rings. The lowest BCUT2D eigenvalue weighted by Crippen LogP contribution is -2.02. The van der Waals surface area contributed by atoms with E-state index in [-0.39, 0.29) is 0 Å². The van der Waals surface area contributed by atoms with Crippen LogP contribution in [0.4, 0.5) is 23.1 Å². The minimum atomic E-state index is 0.555. The van der Waals surface area contributed by atoms with Gasteiger partial charge in [0, 0.05) is 22.0 Å². The lowest BCUT2D eigenvalue weighted by molar-refractivity contribution is 1.16. The summed E-state index contributed by atoms with van der Waals surface area (Å²) in [5, 5.41) is 6.59. The zero-order chi connectivity index (χ0) is 16.2. The number of rotatable bonds is 4. The van der Waals surface area contributed by atoms with Crippen molar-refractivity contribution in [2.24, 2.45) is 0 Å². The van der Waals surface area contributed by atoms with Crippen LogP contribution < -0.4 is 10.6 Å². The van der Waals surface area contributed by atoms with Gasteiger partial charge in [-0.15, -0.1) is 0 Å². The highest BCUT2D eigenvalue weighted by molar-refractivity contribution is 9.10. The fraction of sp³-hybridized carbons (Fsp3) is 0.111. The molecule has 0 aliphatic carbocycles. The largest absolute Gasteiger partial charge is 0.340 e. The van der Waals surface area contributed by atoms with Gasteiger partial charge >= 0.3 is 0 Å². The van der Waals surface area contributed by atoms with Crippen molar-refractivity contribution in [2.45, 2.75) is 13.8 Å². The monoisotopic (exact) mass is 368 g/mol. The van der Waals surface area contributed by atoms with Gasteiger partial charge in [-0.1, -0.05) is 40.2 Å². The molecule has 0 radical (unpaired) electrons. The van der Waals surface area contributed by atoms with E-state index in [4.69, 9.17) is 0 Å². The van der Waals surface area contributed by atoms with Crippen LogP contribution in [0.5, 0.6) is 0 Å². The Morgan fingerprint density at radius 3 is 2.39 bits per heavy atom. The lowest BCUT2D eigenvalue weighted by Gasteiger charge is -2.12. The second-order valence-electron chi connectivity index (χ2n) is 5.29. The van der Waals surface area contributed by atoms with Gasteiger partial charge in [-0.25, -0.2) is 4.98 Å². The maximum absolute atomic E-state index is 4.53. The van der Waals surface area contributed by atoms with Crippen molar-refractivity contribution in [1.82, 2.24) is 9.97 Å². The molecule has 2 N–H and O–H groups in total. The Balaban J connectivity index is 1.83. The SMILES string of the molecule is Cc1cccc(C)c1Nc1ccnc(Nc2cccc(Br)c2)n1. The third kappa shape index (κ3) is 3.87. The summed E-state index contributed by atoms with van der Waals surface area (Å²) in [5.41, 5.74) is 4.39. The number of nitrogens with one attached hydrogen (secondary N) is 2. The molecule has 5 heteroatoms. The van der Waals surface area contributed by atoms with E-state index in [0.29, 0.717) is 5.95 Å². The van der Waals surface area contributed by atoms with Gasteiger partial charge in [0.15, 0.2) is 0 Å². The number of aryl methyl sites for hydroxylation is 2. The van der Waals surface area contributed by atoms with E-state index in [0.717, 1.165) is 21.7 Å². The second-order valence-corrected chi connectivity index (χ2v) is 6.21. The molecule has 0 spiro atoms. The van der Waals surface area contributed by atoms with Crippen LogP contribution in [0, 0.1) is 13.8 Å². The summed E-state index contributed by atoms with van der Waals surface area (Å²) in [6, 6.07) is 16.0. The molecule has 0 bridgehead atoms. The molecule has 23 heavy (non-hydrogen) atoms. The predicted octanol–water partition coefficient (Wildman–Crippen LogP) is 5.34. The molecule has 1 aromatic heterocycles. The first-order valence-corrected chi connectivity index (χ1v) is 8.10. The van der Waals surface area contributed by atoms with Gasteiger partial charge in [-0.05, 0) is 49.2 Å². The van der Waals surface area contributed by atoms with Crippen molar-refractivity contribution in [3.8, 4) is 0 Å². The van der Waals surface area contributed by atoms with Crippen molar-refractivity contribution in [1.29, 1.82) is 0 Å². The molecule has 1 heterocycles. The van der Waals surface area contributed by atoms with Crippen molar-refractivity contribution >= 4 is 39.1 Å². The zero-order valence-corrected chi connectivity index (χ0v) is 14.6. The molecular weight excluding hydrogens is 352 g/mol. The molecular formula is C18H17BrN4. The molecule has 4 nitrogen and oxygen atoms in total. The molecule has 0 atom stereocenters. The summed E-state index contributed by atoms with van der Waals surface area (Å²) in [7, 11) is 0. The van der Waals surface area contributed by atoms with Gasteiger partial charge in [-0.2, -0.15) is 4.98 Å². The Morgan fingerprint density at radius 1 is 0.913 bits per heavy atom. The smallest absolute Gasteiger partial charge is 0.229 e. The van der Waals surface area contributed by atoms with Gasteiger partial charge in [-0.3, -0.25) is 0 Å². The van der Waals surface area contributed by atoms with Crippen LogP contribution in [0.25, 0.3) is 0 Å². The van der Waals surface area contributed by atoms with Crippen molar-refractivity contribution in [3.63, 3.8) is 0 Å². The van der Waals surface area contributed by atoms with Crippen LogP contribution in [0.2, 0.25) is 0 Å². The van der Waals surface area contributed by atoms with Crippen LogP contribution in [-0.4, -0.2) is 9.97 Å². The number of nitrogens with zero attached hydrogens (tertiary/aromatic N) is 2. The fourth-order valence-electron chi connectivity index (χ4n) is 2.32. The number of halogens is 1. The van der Waals surface area contributed by atoms with Crippen molar-refractivity contribution < 1.29 is 0 Å². The summed E-state index contributed by atoms with van der Waals surface area (Å²) in [6.07, 6.45) is 1.74. The maximum atomic E-state index is 4.53. The van der Waals surface area contributed by atoms with Gasteiger partial charge in [0.25, 0.3) is 0 Å². The van der Waals surface area contributed by atoms with E-state index >= 15 is 0 Å². The molecule has 2 aromatic carbocycles. The van der Waals surface area contributed by atoms with E-state index in [1.165, 1.54) is 11.1 Å². The molecule has 0 saturated heterocycles. The van der Waals surface area contributed by atoms with Crippen molar-refractivity contribution in [3.05, 3.63) is 70.3 Å². The molecule has 0 fully saturated rings. The normalized spacial score (nSPS) is 10.4. The third-order valence-corrected chi connectivity index (χ3v) is 3.96. The first kappa shape index (κ1) is 15.5. The average Bonchev–Trinajstić information content (AvgIpc) is 2.52. The second kappa shape index (κ2) is 6.79. The first-order valence-electron chi connectivity index (χ1n) is 7.31. The molecule has 0 aliphatic heterocycles. The summed E-state index contributed by atoms with van der Waals surface area (Å²) < 4.78 is 1.01. The number of hydrogen-bond donors (Lipinski definition) is 2. The minimum Gasteiger partial charge on any atom is -0.340 e. The van der Waals surface area contributed by atoms with E-state index < -0.39 is 0 Å². The van der Waals surface area contributed by atoms with Crippen LogP contribution in [-0.2, 0) is 0 Å². The third-order valence-electron chi connectivity index (χ3n) is 3.47. The fourth-order valence-corrected chi connectivity index (χ4v) is 2.72. The maximum Gasteiger partial charge on any atom is 0.229 e. The highest BCUT2D eigenvalue weighted by Crippen LogP contribution is 2.24. The van der Waals surface area contributed by atoms with E-state index in [1.807, 2.05) is 30.3 Å². The molecule has 0 saturated carbocycles. The van der Waals surface area contributed by atoms with Gasteiger partial charge in [0.05, 0.1) is 0 Å². The highest BCUT2D eigenvalue weighted by Gasteiger charge is 2.05. The van der Waals surface area contributed by atoms with E-state index in [9.17, 15) is 0 Å². The molecule has 0 unspecified atom stereocenters. The predicted molar refractivity (Wildman–Crippen MR) is 98.7 cm³/mol. The minimum absolute atomic E-state index is 0.555. The molecule has 116 valence electrons. The number of para-hydroxylation sites is 1. The Morgan fingerprint density at radius 2 is 1.65 bits per heavy atom. The highest BCUT2D eigenvalue weighted by atomic mass is 79.9. The van der Waals surface area contributed by atoms with Crippen LogP contribution in [0.1, 0.15) is 11.1 Å². The number of anilines is 4.